The van der Waals surface area contributed by atoms with Crippen LogP contribution in [0.1, 0.15) is 26.2 Å². The van der Waals surface area contributed by atoms with Crippen LogP contribution in [-0.4, -0.2) is 11.2 Å². The summed E-state index contributed by atoms with van der Waals surface area (Å²) >= 11 is 0. The molecule has 1 spiro atoms. The predicted octanol–water partition coefficient (Wildman–Crippen LogP) is 2.22. The van der Waals surface area contributed by atoms with E-state index in [1.807, 2.05) is 6.92 Å². The summed E-state index contributed by atoms with van der Waals surface area (Å²) in [5, 5.41) is 9.90. The van der Waals surface area contributed by atoms with Crippen molar-refractivity contribution in [1.29, 1.82) is 0 Å². The molecule has 1 nitrogen and oxygen atoms in total. The fourth-order valence-corrected chi connectivity index (χ4v) is 5.55. The zero-order valence-electron chi connectivity index (χ0n) is 8.69. The van der Waals surface area contributed by atoms with Gasteiger partial charge in [-0.2, -0.15) is 0 Å². The van der Waals surface area contributed by atoms with Crippen LogP contribution in [0, 0.1) is 35.0 Å². The number of rotatable bonds is 1. The van der Waals surface area contributed by atoms with Crippen molar-refractivity contribution in [2.45, 2.75) is 32.3 Å². The molecule has 0 aromatic heterocycles. The lowest BCUT2D eigenvalue weighted by atomic mass is 9.81. The van der Waals surface area contributed by atoms with Gasteiger partial charge in [-0.1, -0.05) is 12.2 Å². The Kier molecular flexibility index (Phi) is 1.19. The van der Waals surface area contributed by atoms with Crippen LogP contribution in [-0.2, 0) is 0 Å². The molecule has 0 aromatic carbocycles. The number of hydrogen-bond acceptors (Lipinski definition) is 1. The summed E-state index contributed by atoms with van der Waals surface area (Å²) < 4.78 is 0. The minimum Gasteiger partial charge on any atom is -0.393 e. The van der Waals surface area contributed by atoms with E-state index in [1.54, 1.807) is 0 Å². The van der Waals surface area contributed by atoms with Crippen LogP contribution in [0.25, 0.3) is 0 Å². The Balaban J connectivity index is 1.79. The molecule has 4 aliphatic rings. The second-order valence-corrected chi connectivity index (χ2v) is 5.96. The lowest BCUT2D eigenvalue weighted by molar-refractivity contribution is 0.0794. The Morgan fingerprint density at radius 2 is 2.21 bits per heavy atom. The molecule has 0 aliphatic heterocycles. The van der Waals surface area contributed by atoms with Gasteiger partial charge >= 0.3 is 0 Å². The largest absolute Gasteiger partial charge is 0.393 e. The molecule has 7 atom stereocenters. The molecule has 76 valence electrons. The zero-order chi connectivity index (χ0) is 9.50. The summed E-state index contributed by atoms with van der Waals surface area (Å²) in [6, 6.07) is 0. The van der Waals surface area contributed by atoms with E-state index in [0.29, 0.717) is 11.3 Å². The van der Waals surface area contributed by atoms with E-state index in [1.165, 1.54) is 19.3 Å². The van der Waals surface area contributed by atoms with Gasteiger partial charge in [0.15, 0.2) is 0 Å². The highest BCUT2D eigenvalue weighted by Crippen LogP contribution is 2.83. The fraction of sp³-hybridized carbons (Fsp3) is 0.846. The van der Waals surface area contributed by atoms with Gasteiger partial charge in [0.05, 0.1) is 6.10 Å². The smallest absolute Gasteiger partial charge is 0.0546 e. The van der Waals surface area contributed by atoms with E-state index >= 15 is 0 Å². The van der Waals surface area contributed by atoms with Crippen LogP contribution >= 0.6 is 0 Å². The van der Waals surface area contributed by atoms with E-state index < -0.39 is 0 Å². The van der Waals surface area contributed by atoms with Crippen molar-refractivity contribution in [2.75, 3.05) is 0 Å². The van der Waals surface area contributed by atoms with Crippen LogP contribution in [0.5, 0.6) is 0 Å². The monoisotopic (exact) mass is 190 g/mol. The van der Waals surface area contributed by atoms with Crippen molar-refractivity contribution in [3.8, 4) is 0 Å². The van der Waals surface area contributed by atoms with Gasteiger partial charge in [0, 0.05) is 0 Å². The molecule has 3 saturated carbocycles. The molecule has 0 bridgehead atoms. The first-order chi connectivity index (χ1) is 6.76. The highest BCUT2D eigenvalue weighted by atomic mass is 16.3. The van der Waals surface area contributed by atoms with E-state index in [4.69, 9.17) is 0 Å². The predicted molar refractivity (Wildman–Crippen MR) is 54.6 cm³/mol. The van der Waals surface area contributed by atoms with E-state index in [9.17, 15) is 5.11 Å². The molecule has 4 rings (SSSR count). The van der Waals surface area contributed by atoms with E-state index in [0.717, 1.165) is 23.7 Å². The summed E-state index contributed by atoms with van der Waals surface area (Å²) in [6.07, 6.45) is 8.96. The Labute approximate surface area is 85.2 Å². The molecular weight excluding hydrogens is 172 g/mol. The SMILES string of the molecule is C[C@@H](O)[C@H]1CCC2CC3C=CC4C3[C@]241. The standard InChI is InChI=1S/C13H18O/c1-7(14)10-5-3-9-6-8-2-4-11-12(8)13(9,10)11/h2,4,7-12,14H,3,5-6H2,1H3/t7-,8?,9?,10-,11?,12?,13+/m1/s1. The van der Waals surface area contributed by atoms with Gasteiger partial charge in [0.25, 0.3) is 0 Å². The summed E-state index contributed by atoms with van der Waals surface area (Å²) in [5.74, 6) is 4.30. The molecule has 0 heterocycles. The Morgan fingerprint density at radius 3 is 2.93 bits per heavy atom. The first-order valence-electron chi connectivity index (χ1n) is 6.12. The maximum absolute atomic E-state index is 9.90. The first-order valence-corrected chi connectivity index (χ1v) is 6.12. The summed E-state index contributed by atoms with van der Waals surface area (Å²) in [5.41, 5.74) is 0.591. The lowest BCUT2D eigenvalue weighted by Gasteiger charge is -2.25. The Morgan fingerprint density at radius 1 is 1.36 bits per heavy atom. The lowest BCUT2D eigenvalue weighted by Crippen LogP contribution is -2.26. The van der Waals surface area contributed by atoms with E-state index in [-0.39, 0.29) is 6.10 Å². The second-order valence-electron chi connectivity index (χ2n) is 5.96. The molecule has 1 heteroatoms. The minimum atomic E-state index is -0.0715. The van der Waals surface area contributed by atoms with Crippen LogP contribution in [0.4, 0.5) is 0 Å². The third-order valence-corrected chi connectivity index (χ3v) is 5.77. The quantitative estimate of drug-likeness (QED) is 0.629. The molecular formula is C13H18O. The molecule has 4 aliphatic carbocycles. The van der Waals surface area contributed by atoms with Crippen molar-refractivity contribution in [3.63, 3.8) is 0 Å². The van der Waals surface area contributed by atoms with Crippen LogP contribution in [0.2, 0.25) is 0 Å². The van der Waals surface area contributed by atoms with Crippen LogP contribution in [0.3, 0.4) is 0 Å². The fourth-order valence-electron chi connectivity index (χ4n) is 5.55. The highest BCUT2D eigenvalue weighted by molar-refractivity contribution is 5.36. The number of hydrogen-bond donors (Lipinski definition) is 1. The van der Waals surface area contributed by atoms with Gasteiger partial charge in [0.2, 0.25) is 0 Å². The third-order valence-electron chi connectivity index (χ3n) is 5.77. The van der Waals surface area contributed by atoms with Crippen molar-refractivity contribution < 1.29 is 5.11 Å². The number of allylic oxidation sites excluding steroid dienone is 2. The normalized spacial score (nSPS) is 64.0. The number of aliphatic hydroxyl groups excluding tert-OH is 1. The zero-order valence-corrected chi connectivity index (χ0v) is 8.69. The van der Waals surface area contributed by atoms with Crippen molar-refractivity contribution in [1.82, 2.24) is 0 Å². The van der Waals surface area contributed by atoms with Gasteiger partial charge in [-0.25, -0.2) is 0 Å². The van der Waals surface area contributed by atoms with Crippen molar-refractivity contribution in [3.05, 3.63) is 12.2 Å². The topological polar surface area (TPSA) is 20.2 Å². The summed E-state index contributed by atoms with van der Waals surface area (Å²) in [7, 11) is 0. The molecule has 0 aromatic rings. The van der Waals surface area contributed by atoms with Crippen molar-refractivity contribution in [2.24, 2.45) is 35.0 Å². The summed E-state index contributed by atoms with van der Waals surface area (Å²) in [6.45, 7) is 2.01. The van der Waals surface area contributed by atoms with Gasteiger partial charge in [-0.3, -0.25) is 0 Å². The van der Waals surface area contributed by atoms with Crippen LogP contribution in [0.15, 0.2) is 12.2 Å². The highest BCUT2D eigenvalue weighted by Gasteiger charge is 2.79. The summed E-state index contributed by atoms with van der Waals surface area (Å²) in [4.78, 5) is 0. The van der Waals surface area contributed by atoms with Gasteiger partial charge in [-0.15, -0.1) is 0 Å². The van der Waals surface area contributed by atoms with Crippen LogP contribution < -0.4 is 0 Å². The molecule has 3 fully saturated rings. The third kappa shape index (κ3) is 0.589. The van der Waals surface area contributed by atoms with E-state index in [2.05, 4.69) is 12.2 Å². The molecule has 0 saturated heterocycles. The maximum Gasteiger partial charge on any atom is 0.0546 e. The average Bonchev–Trinajstić information content (AvgIpc) is 2.45. The molecule has 14 heavy (non-hydrogen) atoms. The minimum absolute atomic E-state index is 0.0715. The number of aliphatic hydroxyl groups is 1. The Bertz CT molecular complexity index is 315. The molecule has 0 radical (unpaired) electrons. The molecule has 1 N–H and O–H groups in total. The van der Waals surface area contributed by atoms with Gasteiger partial charge < -0.3 is 5.11 Å². The second kappa shape index (κ2) is 2.11. The first kappa shape index (κ1) is 7.92. The average molecular weight is 190 g/mol. The van der Waals surface area contributed by atoms with Crippen molar-refractivity contribution >= 4 is 0 Å². The maximum atomic E-state index is 9.90. The molecule has 4 unspecified atom stereocenters. The Hall–Kier alpha value is -0.300. The molecule has 0 amide bonds. The van der Waals surface area contributed by atoms with Gasteiger partial charge in [0.1, 0.15) is 0 Å². The van der Waals surface area contributed by atoms with Gasteiger partial charge in [-0.05, 0) is 61.2 Å².